The van der Waals surface area contributed by atoms with E-state index < -0.39 is 0 Å². The van der Waals surface area contributed by atoms with Gasteiger partial charge in [0.05, 0.1) is 5.70 Å². The largest absolute Gasteiger partial charge is 0.382 e. The number of piperidine rings is 1. The predicted molar refractivity (Wildman–Crippen MR) is 93.9 cm³/mol. The van der Waals surface area contributed by atoms with Gasteiger partial charge in [-0.25, -0.2) is 4.99 Å². The van der Waals surface area contributed by atoms with Crippen LogP contribution in [0.4, 0.5) is 0 Å². The Bertz CT molecular complexity index is 549. The van der Waals surface area contributed by atoms with Crippen LogP contribution in [0.5, 0.6) is 0 Å². The summed E-state index contributed by atoms with van der Waals surface area (Å²) >= 11 is 0. The lowest BCUT2D eigenvalue weighted by atomic mass is 9.84. The lowest BCUT2D eigenvalue weighted by Crippen LogP contribution is -2.46. The van der Waals surface area contributed by atoms with Crippen LogP contribution in [-0.2, 0) is 0 Å². The van der Waals surface area contributed by atoms with Crippen LogP contribution >= 0.6 is 0 Å². The van der Waals surface area contributed by atoms with Crippen LogP contribution < -0.4 is 5.73 Å². The second-order valence-electron chi connectivity index (χ2n) is 7.21. The van der Waals surface area contributed by atoms with Crippen LogP contribution in [0.2, 0.25) is 0 Å². The SMILES string of the molecule is C=C1C(N)=NC=C(C)N1/C(=C(\C)CC)N1CCCC(C)(C)C1. The summed E-state index contributed by atoms with van der Waals surface area (Å²) in [5.41, 5.74) is 9.58. The summed E-state index contributed by atoms with van der Waals surface area (Å²) in [7, 11) is 0. The third-order valence-electron chi connectivity index (χ3n) is 4.63. The molecule has 2 aliphatic heterocycles. The fourth-order valence-corrected chi connectivity index (χ4v) is 3.28. The van der Waals surface area contributed by atoms with E-state index in [1.54, 1.807) is 0 Å². The minimum atomic E-state index is 0.339. The molecule has 4 nitrogen and oxygen atoms in total. The van der Waals surface area contributed by atoms with E-state index in [2.05, 4.69) is 56.0 Å². The molecule has 0 aromatic heterocycles. The number of hydrogen-bond donors (Lipinski definition) is 1. The first-order chi connectivity index (χ1) is 10.3. The highest BCUT2D eigenvalue weighted by Gasteiger charge is 2.32. The minimum Gasteiger partial charge on any atom is -0.382 e. The molecule has 1 fully saturated rings. The molecular formula is C18H30N4. The molecule has 2 N–H and O–H groups in total. The Morgan fingerprint density at radius 2 is 2.14 bits per heavy atom. The number of nitrogens with zero attached hydrogens (tertiary/aromatic N) is 3. The highest BCUT2D eigenvalue weighted by Crippen LogP contribution is 2.35. The summed E-state index contributed by atoms with van der Waals surface area (Å²) in [6, 6.07) is 0. The zero-order valence-corrected chi connectivity index (χ0v) is 14.7. The zero-order valence-electron chi connectivity index (χ0n) is 14.7. The van der Waals surface area contributed by atoms with Crippen molar-refractivity contribution in [2.24, 2.45) is 16.1 Å². The van der Waals surface area contributed by atoms with Gasteiger partial charge >= 0.3 is 0 Å². The molecular weight excluding hydrogens is 272 g/mol. The van der Waals surface area contributed by atoms with Crippen LogP contribution in [0, 0.1) is 5.41 Å². The maximum Gasteiger partial charge on any atom is 0.147 e. The lowest BCUT2D eigenvalue weighted by Gasteiger charge is -2.45. The lowest BCUT2D eigenvalue weighted by molar-refractivity contribution is 0.123. The molecule has 0 saturated carbocycles. The average Bonchev–Trinajstić information content (AvgIpc) is 2.45. The fourth-order valence-electron chi connectivity index (χ4n) is 3.28. The number of amidine groups is 1. The van der Waals surface area contributed by atoms with Crippen LogP contribution in [-0.4, -0.2) is 28.7 Å². The van der Waals surface area contributed by atoms with Crippen molar-refractivity contribution in [2.45, 2.75) is 53.9 Å². The van der Waals surface area contributed by atoms with Crippen molar-refractivity contribution < 1.29 is 0 Å². The molecule has 2 heterocycles. The molecule has 0 aromatic carbocycles. The monoisotopic (exact) mass is 302 g/mol. The summed E-state index contributed by atoms with van der Waals surface area (Å²) in [6.07, 6.45) is 5.35. The standard InChI is InChI=1S/C18H30N4/c1-7-13(2)17(21-10-8-9-18(5,6)12-21)22-14(3)11-20-16(19)15(22)4/h11H,4,7-10,12H2,1-3,5-6H3,(H2,19,20)/b17-13+. The molecule has 0 amide bonds. The van der Waals surface area contributed by atoms with E-state index in [1.807, 2.05) is 6.20 Å². The Morgan fingerprint density at radius 3 is 2.73 bits per heavy atom. The van der Waals surface area contributed by atoms with Crippen LogP contribution in [0.3, 0.4) is 0 Å². The van der Waals surface area contributed by atoms with Crippen molar-refractivity contribution >= 4 is 5.84 Å². The number of rotatable bonds is 3. The molecule has 0 radical (unpaired) electrons. The molecule has 4 heteroatoms. The predicted octanol–water partition coefficient (Wildman–Crippen LogP) is 3.80. The first-order valence-corrected chi connectivity index (χ1v) is 8.21. The Kier molecular flexibility index (Phi) is 4.69. The van der Waals surface area contributed by atoms with E-state index in [1.165, 1.54) is 24.2 Å². The molecule has 0 spiro atoms. The molecule has 0 unspecified atom stereocenters. The topological polar surface area (TPSA) is 44.9 Å². The summed E-state index contributed by atoms with van der Waals surface area (Å²) in [6.45, 7) is 17.5. The van der Waals surface area contributed by atoms with Gasteiger partial charge in [0.25, 0.3) is 0 Å². The van der Waals surface area contributed by atoms with E-state index in [9.17, 15) is 0 Å². The third kappa shape index (κ3) is 3.21. The molecule has 122 valence electrons. The average molecular weight is 302 g/mol. The smallest absolute Gasteiger partial charge is 0.147 e. The third-order valence-corrected chi connectivity index (χ3v) is 4.63. The highest BCUT2D eigenvalue weighted by molar-refractivity contribution is 5.97. The van der Waals surface area contributed by atoms with Gasteiger partial charge in [0.1, 0.15) is 11.7 Å². The summed E-state index contributed by atoms with van der Waals surface area (Å²) in [5, 5.41) is 0. The Hall–Kier alpha value is -1.71. The van der Waals surface area contributed by atoms with Gasteiger partial charge in [-0.1, -0.05) is 27.4 Å². The Labute approximate surface area is 135 Å². The number of allylic oxidation sites excluding steroid dienone is 2. The van der Waals surface area contributed by atoms with Gasteiger partial charge in [-0.05, 0) is 44.1 Å². The van der Waals surface area contributed by atoms with Gasteiger partial charge in [-0.15, -0.1) is 0 Å². The van der Waals surface area contributed by atoms with E-state index in [4.69, 9.17) is 5.73 Å². The van der Waals surface area contributed by atoms with E-state index in [-0.39, 0.29) is 0 Å². The van der Waals surface area contributed by atoms with Crippen molar-refractivity contribution in [3.05, 3.63) is 35.6 Å². The highest BCUT2D eigenvalue weighted by atomic mass is 15.4. The van der Waals surface area contributed by atoms with Crippen molar-refractivity contribution in [2.75, 3.05) is 13.1 Å². The number of nitrogens with two attached hydrogens (primary N) is 1. The number of likely N-dealkylation sites (tertiary alicyclic amines) is 1. The zero-order chi connectivity index (χ0) is 16.5. The molecule has 1 saturated heterocycles. The molecule has 2 aliphatic rings. The van der Waals surface area contributed by atoms with Gasteiger partial charge < -0.3 is 10.6 Å². The second-order valence-corrected chi connectivity index (χ2v) is 7.21. The minimum absolute atomic E-state index is 0.339. The maximum atomic E-state index is 6.02. The number of hydrogen-bond acceptors (Lipinski definition) is 4. The molecule has 2 rings (SSSR count). The summed E-state index contributed by atoms with van der Waals surface area (Å²) in [5.74, 6) is 1.75. The quantitative estimate of drug-likeness (QED) is 0.862. The molecule has 0 aromatic rings. The van der Waals surface area contributed by atoms with Gasteiger partial charge in [0, 0.05) is 25.0 Å². The Balaban J connectivity index is 2.43. The van der Waals surface area contributed by atoms with Gasteiger partial charge in [-0.3, -0.25) is 4.90 Å². The van der Waals surface area contributed by atoms with Crippen LogP contribution in [0.15, 0.2) is 40.6 Å². The van der Waals surface area contributed by atoms with Gasteiger partial charge in [0.15, 0.2) is 0 Å². The number of aliphatic imine (C=N–C) groups is 1. The van der Waals surface area contributed by atoms with E-state index in [0.29, 0.717) is 11.3 Å². The first-order valence-electron chi connectivity index (χ1n) is 8.21. The summed E-state index contributed by atoms with van der Waals surface area (Å²) < 4.78 is 0. The van der Waals surface area contributed by atoms with Crippen LogP contribution in [0.25, 0.3) is 0 Å². The van der Waals surface area contributed by atoms with Gasteiger partial charge in [-0.2, -0.15) is 0 Å². The van der Waals surface area contributed by atoms with Crippen molar-refractivity contribution in [1.82, 2.24) is 9.80 Å². The summed E-state index contributed by atoms with van der Waals surface area (Å²) in [4.78, 5) is 8.92. The maximum absolute atomic E-state index is 6.02. The molecule has 0 atom stereocenters. The van der Waals surface area contributed by atoms with Gasteiger partial charge in [0.2, 0.25) is 0 Å². The normalized spacial score (nSPS) is 23.0. The first kappa shape index (κ1) is 16.7. The van der Waals surface area contributed by atoms with E-state index >= 15 is 0 Å². The fraction of sp³-hybridized carbons (Fsp3) is 0.611. The van der Waals surface area contributed by atoms with Crippen molar-refractivity contribution in [1.29, 1.82) is 0 Å². The Morgan fingerprint density at radius 1 is 1.45 bits per heavy atom. The molecule has 0 aliphatic carbocycles. The molecule has 0 bridgehead atoms. The molecule has 22 heavy (non-hydrogen) atoms. The second kappa shape index (κ2) is 6.19. The van der Waals surface area contributed by atoms with Crippen molar-refractivity contribution in [3.8, 4) is 0 Å². The van der Waals surface area contributed by atoms with Crippen molar-refractivity contribution in [3.63, 3.8) is 0 Å². The van der Waals surface area contributed by atoms with Crippen LogP contribution in [0.1, 0.15) is 53.9 Å². The van der Waals surface area contributed by atoms with E-state index in [0.717, 1.165) is 30.9 Å².